The fourth-order valence-corrected chi connectivity index (χ4v) is 3.93. The molecule has 148 valence electrons. The van der Waals surface area contributed by atoms with Crippen LogP contribution in [-0.4, -0.2) is 45.6 Å². The highest BCUT2D eigenvalue weighted by molar-refractivity contribution is 5.93. The van der Waals surface area contributed by atoms with E-state index in [4.69, 9.17) is 0 Å². The van der Waals surface area contributed by atoms with Gasteiger partial charge in [0.05, 0.1) is 17.7 Å². The second-order valence-electron chi connectivity index (χ2n) is 7.41. The van der Waals surface area contributed by atoms with E-state index in [0.29, 0.717) is 31.4 Å². The number of aliphatic hydroxyl groups excluding tert-OH is 1. The summed E-state index contributed by atoms with van der Waals surface area (Å²) in [4.78, 5) is 31.8. The average molecular weight is 382 g/mol. The molecule has 1 aliphatic carbocycles. The smallest absolute Gasteiger partial charge is 0.254 e. The van der Waals surface area contributed by atoms with Crippen LogP contribution in [0.15, 0.2) is 49.1 Å². The maximum Gasteiger partial charge on any atom is 0.254 e. The summed E-state index contributed by atoms with van der Waals surface area (Å²) in [6.45, 7) is 1.90. The van der Waals surface area contributed by atoms with Gasteiger partial charge < -0.3 is 15.7 Å². The Morgan fingerprint density at radius 1 is 1.14 bits per heavy atom. The van der Waals surface area contributed by atoms with Crippen molar-refractivity contribution in [1.29, 1.82) is 0 Å². The van der Waals surface area contributed by atoms with Crippen molar-refractivity contribution < 1.29 is 14.7 Å². The number of nitrogens with zero attached hydrogens (tertiary/aromatic N) is 2. The number of amides is 2. The van der Waals surface area contributed by atoms with E-state index in [1.54, 1.807) is 0 Å². The minimum Gasteiger partial charge on any atom is -0.391 e. The van der Waals surface area contributed by atoms with Crippen molar-refractivity contribution in [3.05, 3.63) is 60.2 Å². The first-order valence-electron chi connectivity index (χ1n) is 9.54. The summed E-state index contributed by atoms with van der Waals surface area (Å²) in [5.41, 5.74) is 1.21. The highest BCUT2D eigenvalue weighted by Gasteiger charge is 2.38. The summed E-state index contributed by atoms with van der Waals surface area (Å²) < 4.78 is 0. The van der Waals surface area contributed by atoms with Crippen LogP contribution in [0, 0.1) is 0 Å². The Balaban J connectivity index is 1.81. The van der Waals surface area contributed by atoms with Crippen LogP contribution < -0.4 is 10.6 Å². The van der Waals surface area contributed by atoms with Crippen LogP contribution in [0.2, 0.25) is 0 Å². The van der Waals surface area contributed by atoms with Crippen LogP contribution in [0.5, 0.6) is 0 Å². The van der Waals surface area contributed by atoms with Crippen LogP contribution in [0.4, 0.5) is 0 Å². The minimum atomic E-state index is -0.604. The molecule has 7 heteroatoms. The van der Waals surface area contributed by atoms with Gasteiger partial charge in [-0.2, -0.15) is 0 Å². The first-order chi connectivity index (χ1) is 13.5. The third kappa shape index (κ3) is 4.72. The molecule has 1 aliphatic rings. The van der Waals surface area contributed by atoms with E-state index in [2.05, 4.69) is 32.7 Å². The Hall–Kier alpha value is -2.80. The molecule has 2 aromatic rings. The molecule has 1 aromatic carbocycles. The molecule has 1 aromatic heterocycles. The topological polar surface area (TPSA) is 104 Å². The molecule has 28 heavy (non-hydrogen) atoms. The molecule has 0 saturated heterocycles. The SMILES string of the molecule is CC(=O)N[C@H]1CC[C@](CNC(=O)c2cncnc2)(c2ccccc2)CC[C@@H]1O. The Morgan fingerprint density at radius 2 is 1.82 bits per heavy atom. The zero-order valence-electron chi connectivity index (χ0n) is 16.0. The lowest BCUT2D eigenvalue weighted by Gasteiger charge is -2.34. The molecule has 0 spiro atoms. The van der Waals surface area contributed by atoms with Gasteiger partial charge in [-0.25, -0.2) is 9.97 Å². The molecule has 3 rings (SSSR count). The molecule has 1 heterocycles. The van der Waals surface area contributed by atoms with E-state index >= 15 is 0 Å². The first-order valence-corrected chi connectivity index (χ1v) is 9.54. The summed E-state index contributed by atoms with van der Waals surface area (Å²) in [6, 6.07) is 9.77. The molecular weight excluding hydrogens is 356 g/mol. The van der Waals surface area contributed by atoms with Gasteiger partial charge >= 0.3 is 0 Å². The van der Waals surface area contributed by atoms with E-state index in [9.17, 15) is 14.7 Å². The molecular formula is C21H26N4O3. The standard InChI is InChI=1S/C21H26N4O3/c1-15(26)25-18-7-9-21(10-8-19(18)27,17-5-3-2-4-6-17)13-24-20(28)16-11-22-14-23-12-16/h2-6,11-12,14,18-19,27H,7-10,13H2,1H3,(H,24,28)(H,25,26)/t18-,19-,21-/m0/s1. The minimum absolute atomic E-state index is 0.145. The Labute approximate surface area is 164 Å². The summed E-state index contributed by atoms with van der Waals surface area (Å²) in [7, 11) is 0. The summed E-state index contributed by atoms with van der Waals surface area (Å²) >= 11 is 0. The van der Waals surface area contributed by atoms with E-state index in [0.717, 1.165) is 12.0 Å². The number of benzene rings is 1. The van der Waals surface area contributed by atoms with Crippen molar-refractivity contribution in [3.63, 3.8) is 0 Å². The lowest BCUT2D eigenvalue weighted by atomic mass is 9.74. The third-order valence-electron chi connectivity index (χ3n) is 5.50. The van der Waals surface area contributed by atoms with Crippen molar-refractivity contribution >= 4 is 11.8 Å². The Kier molecular flexibility index (Phi) is 6.36. The maximum atomic E-state index is 12.5. The predicted octanol–water partition coefficient (Wildman–Crippen LogP) is 1.58. The number of rotatable bonds is 5. The number of aliphatic hydroxyl groups is 1. The number of carbonyl (C=O) groups is 2. The largest absolute Gasteiger partial charge is 0.391 e. The lowest BCUT2D eigenvalue weighted by molar-refractivity contribution is -0.120. The highest BCUT2D eigenvalue weighted by Crippen LogP contribution is 2.38. The zero-order chi connectivity index (χ0) is 20.0. The number of carbonyl (C=O) groups excluding carboxylic acids is 2. The number of hydrogen-bond acceptors (Lipinski definition) is 5. The second-order valence-corrected chi connectivity index (χ2v) is 7.41. The van der Waals surface area contributed by atoms with Crippen LogP contribution in [0.1, 0.15) is 48.5 Å². The van der Waals surface area contributed by atoms with Crippen molar-refractivity contribution in [2.75, 3.05) is 6.54 Å². The van der Waals surface area contributed by atoms with E-state index in [-0.39, 0.29) is 23.3 Å². The van der Waals surface area contributed by atoms with Crippen LogP contribution in [0.25, 0.3) is 0 Å². The second kappa shape index (κ2) is 8.93. The van der Waals surface area contributed by atoms with Crippen LogP contribution in [0.3, 0.4) is 0 Å². The van der Waals surface area contributed by atoms with Gasteiger partial charge in [0, 0.05) is 31.3 Å². The summed E-state index contributed by atoms with van der Waals surface area (Å²) in [5.74, 6) is -0.368. The molecule has 0 bridgehead atoms. The van der Waals surface area contributed by atoms with Crippen molar-refractivity contribution in [2.24, 2.45) is 0 Å². The molecule has 7 nitrogen and oxygen atoms in total. The van der Waals surface area contributed by atoms with Gasteiger partial charge in [0.2, 0.25) is 5.91 Å². The average Bonchev–Trinajstić information content (AvgIpc) is 2.87. The summed E-state index contributed by atoms with van der Waals surface area (Å²) in [6.07, 6.45) is 6.39. The molecule has 3 atom stereocenters. The zero-order valence-corrected chi connectivity index (χ0v) is 16.0. The molecule has 1 fully saturated rings. The van der Waals surface area contributed by atoms with Crippen LogP contribution in [-0.2, 0) is 10.2 Å². The predicted molar refractivity (Wildman–Crippen MR) is 105 cm³/mol. The van der Waals surface area contributed by atoms with E-state index < -0.39 is 6.10 Å². The van der Waals surface area contributed by atoms with Crippen molar-refractivity contribution in [2.45, 2.75) is 50.2 Å². The fraction of sp³-hybridized carbons (Fsp3) is 0.429. The lowest BCUT2D eigenvalue weighted by Crippen LogP contribution is -2.42. The maximum absolute atomic E-state index is 12.5. The van der Waals surface area contributed by atoms with Gasteiger partial charge in [0.25, 0.3) is 5.91 Å². The van der Waals surface area contributed by atoms with E-state index in [1.165, 1.54) is 25.6 Å². The van der Waals surface area contributed by atoms with Gasteiger partial charge in [-0.1, -0.05) is 30.3 Å². The normalized spacial score (nSPS) is 24.8. The third-order valence-corrected chi connectivity index (χ3v) is 5.50. The summed E-state index contributed by atoms with van der Waals surface area (Å²) in [5, 5.41) is 16.4. The fourth-order valence-electron chi connectivity index (χ4n) is 3.93. The van der Waals surface area contributed by atoms with Gasteiger partial charge in [-0.05, 0) is 31.2 Å². The monoisotopic (exact) mass is 382 g/mol. The highest BCUT2D eigenvalue weighted by atomic mass is 16.3. The first kappa shape index (κ1) is 19.9. The van der Waals surface area contributed by atoms with Gasteiger partial charge in [-0.3, -0.25) is 9.59 Å². The molecule has 1 saturated carbocycles. The van der Waals surface area contributed by atoms with Gasteiger partial charge in [0.15, 0.2) is 0 Å². The van der Waals surface area contributed by atoms with Crippen LogP contribution >= 0.6 is 0 Å². The van der Waals surface area contributed by atoms with E-state index in [1.807, 2.05) is 18.2 Å². The quantitative estimate of drug-likeness (QED) is 0.681. The molecule has 0 radical (unpaired) electrons. The van der Waals surface area contributed by atoms with Crippen molar-refractivity contribution in [3.8, 4) is 0 Å². The number of hydrogen-bond donors (Lipinski definition) is 3. The van der Waals surface area contributed by atoms with Gasteiger partial charge in [-0.15, -0.1) is 0 Å². The Morgan fingerprint density at radius 3 is 2.50 bits per heavy atom. The Bertz CT molecular complexity index is 800. The van der Waals surface area contributed by atoms with Gasteiger partial charge in [0.1, 0.15) is 6.33 Å². The molecule has 2 amide bonds. The molecule has 0 aliphatic heterocycles. The molecule has 0 unspecified atom stereocenters. The number of nitrogens with one attached hydrogen (secondary N) is 2. The number of aromatic nitrogens is 2. The molecule has 3 N–H and O–H groups in total. The van der Waals surface area contributed by atoms with Crippen molar-refractivity contribution in [1.82, 2.24) is 20.6 Å².